The highest BCUT2D eigenvalue weighted by Crippen LogP contribution is 2.23. The van der Waals surface area contributed by atoms with Gasteiger partial charge in [-0.25, -0.2) is 13.4 Å². The standard InChI is InChI=1S/C20H31FN6O3S/c21-19-14-18(10-12-23-19)26-20(25-16-22)24-11-6-1-2-7-13-31(28,29)27-30-15-17-8-4-3-5-9-17/h10,12,14,17,27H,1-9,11,13,15H2,(H2,23,24,25,26). The number of nitriles is 1. The minimum Gasteiger partial charge on any atom is -0.325 e. The number of hydrogen-bond acceptors (Lipinski definition) is 6. The molecule has 2 rings (SSSR count). The molecule has 1 aliphatic rings. The highest BCUT2D eigenvalue weighted by atomic mass is 32.2. The molecule has 0 aliphatic heterocycles. The number of hydrogen-bond donors (Lipinski definition) is 3. The Kier molecular flexibility index (Phi) is 11.2. The highest BCUT2D eigenvalue weighted by Gasteiger charge is 2.15. The van der Waals surface area contributed by atoms with Crippen molar-refractivity contribution in [2.45, 2.75) is 57.8 Å². The molecular formula is C20H31FN6O3S. The van der Waals surface area contributed by atoms with E-state index in [0.717, 1.165) is 32.1 Å². The first-order valence-electron chi connectivity index (χ1n) is 10.7. The largest absolute Gasteiger partial charge is 0.325 e. The summed E-state index contributed by atoms with van der Waals surface area (Å²) in [4.78, 5) is 15.2. The Labute approximate surface area is 183 Å². The predicted molar refractivity (Wildman–Crippen MR) is 117 cm³/mol. The fraction of sp³-hybridized carbons (Fsp3) is 0.650. The number of pyridine rings is 1. The monoisotopic (exact) mass is 454 g/mol. The zero-order chi connectivity index (χ0) is 22.4. The summed E-state index contributed by atoms with van der Waals surface area (Å²) >= 11 is 0. The minimum atomic E-state index is -3.43. The Hall–Kier alpha value is -2.29. The maximum atomic E-state index is 13.1. The number of guanidine groups is 1. The van der Waals surface area contributed by atoms with Gasteiger partial charge in [-0.2, -0.15) is 9.65 Å². The van der Waals surface area contributed by atoms with Crippen LogP contribution in [0, 0.1) is 23.3 Å². The molecule has 0 amide bonds. The number of aliphatic imine (C=N–C) groups is 1. The van der Waals surface area contributed by atoms with Crippen LogP contribution in [-0.2, 0) is 14.9 Å². The van der Waals surface area contributed by atoms with E-state index in [0.29, 0.717) is 31.2 Å². The summed E-state index contributed by atoms with van der Waals surface area (Å²) in [6, 6.07) is 2.76. The molecule has 0 aromatic carbocycles. The molecule has 1 saturated carbocycles. The van der Waals surface area contributed by atoms with Crippen molar-refractivity contribution >= 4 is 21.7 Å². The molecule has 0 saturated heterocycles. The van der Waals surface area contributed by atoms with E-state index in [1.807, 2.05) is 0 Å². The van der Waals surface area contributed by atoms with Crippen LogP contribution in [0.5, 0.6) is 0 Å². The van der Waals surface area contributed by atoms with Crippen LogP contribution in [-0.4, -0.2) is 38.3 Å². The van der Waals surface area contributed by atoms with Gasteiger partial charge in [0.2, 0.25) is 21.9 Å². The lowest BCUT2D eigenvalue weighted by Gasteiger charge is -2.20. The number of aromatic nitrogens is 1. The molecule has 0 spiro atoms. The van der Waals surface area contributed by atoms with Crippen LogP contribution in [0.3, 0.4) is 0 Å². The van der Waals surface area contributed by atoms with Gasteiger partial charge in [-0.15, -0.1) is 0 Å². The Bertz CT molecular complexity index is 838. The van der Waals surface area contributed by atoms with Crippen molar-refractivity contribution in [3.05, 3.63) is 24.3 Å². The number of halogens is 1. The molecule has 11 heteroatoms. The Morgan fingerprint density at radius 1 is 1.26 bits per heavy atom. The van der Waals surface area contributed by atoms with Gasteiger partial charge in [0.1, 0.15) is 0 Å². The third-order valence-corrected chi connectivity index (χ3v) is 6.18. The van der Waals surface area contributed by atoms with Crippen LogP contribution < -0.4 is 15.5 Å². The number of anilines is 1. The fourth-order valence-corrected chi connectivity index (χ4v) is 4.28. The lowest BCUT2D eigenvalue weighted by Crippen LogP contribution is -2.29. The van der Waals surface area contributed by atoms with Gasteiger partial charge in [0.05, 0.1) is 12.4 Å². The van der Waals surface area contributed by atoms with E-state index in [1.54, 1.807) is 12.3 Å². The molecule has 1 aliphatic carbocycles. The Morgan fingerprint density at radius 3 is 2.77 bits per heavy atom. The molecule has 3 N–H and O–H groups in total. The maximum absolute atomic E-state index is 13.1. The van der Waals surface area contributed by atoms with Gasteiger partial charge in [-0.05, 0) is 37.7 Å². The van der Waals surface area contributed by atoms with E-state index in [2.05, 4.69) is 25.5 Å². The van der Waals surface area contributed by atoms with Crippen molar-refractivity contribution in [3.63, 3.8) is 0 Å². The summed E-state index contributed by atoms with van der Waals surface area (Å²) in [5.74, 6) is 0.0572. The predicted octanol–water partition coefficient (Wildman–Crippen LogP) is 3.05. The topological polar surface area (TPSA) is 128 Å². The second kappa shape index (κ2) is 13.9. The Balaban J connectivity index is 1.58. The lowest BCUT2D eigenvalue weighted by molar-refractivity contribution is 0.0519. The van der Waals surface area contributed by atoms with Gasteiger partial charge >= 0.3 is 0 Å². The van der Waals surface area contributed by atoms with Crippen molar-refractivity contribution in [3.8, 4) is 6.19 Å². The first-order valence-corrected chi connectivity index (χ1v) is 12.3. The lowest BCUT2D eigenvalue weighted by atomic mass is 9.90. The van der Waals surface area contributed by atoms with E-state index in [9.17, 15) is 12.8 Å². The summed E-state index contributed by atoms with van der Waals surface area (Å²) in [6.45, 7) is 0.885. The van der Waals surface area contributed by atoms with Crippen LogP contribution in [0.15, 0.2) is 23.3 Å². The van der Waals surface area contributed by atoms with Crippen LogP contribution in [0.25, 0.3) is 0 Å². The van der Waals surface area contributed by atoms with Gasteiger partial charge in [0, 0.05) is 24.5 Å². The first-order chi connectivity index (χ1) is 15.0. The summed E-state index contributed by atoms with van der Waals surface area (Å²) in [5.41, 5.74) is 0.428. The number of sulfonamides is 1. The first kappa shape index (κ1) is 25.0. The van der Waals surface area contributed by atoms with Crippen LogP contribution in [0.4, 0.5) is 10.1 Å². The second-order valence-corrected chi connectivity index (χ2v) is 9.40. The van der Waals surface area contributed by atoms with Crippen molar-refractivity contribution in [1.29, 1.82) is 5.26 Å². The van der Waals surface area contributed by atoms with E-state index in [1.165, 1.54) is 31.5 Å². The summed E-state index contributed by atoms with van der Waals surface area (Å²) in [7, 11) is -3.43. The minimum absolute atomic E-state index is 0.0251. The van der Waals surface area contributed by atoms with Crippen LogP contribution >= 0.6 is 0 Å². The molecule has 31 heavy (non-hydrogen) atoms. The van der Waals surface area contributed by atoms with Crippen molar-refractivity contribution in [2.75, 3.05) is 24.2 Å². The molecule has 1 fully saturated rings. The fourth-order valence-electron chi connectivity index (χ4n) is 3.37. The van der Waals surface area contributed by atoms with Crippen molar-refractivity contribution < 1.29 is 17.6 Å². The van der Waals surface area contributed by atoms with Gasteiger partial charge in [0.15, 0.2) is 6.19 Å². The maximum Gasteiger partial charge on any atom is 0.233 e. The summed E-state index contributed by atoms with van der Waals surface area (Å²) in [6.07, 6.45) is 11.7. The van der Waals surface area contributed by atoms with E-state index >= 15 is 0 Å². The van der Waals surface area contributed by atoms with Crippen molar-refractivity contribution in [1.82, 2.24) is 15.2 Å². The normalized spacial score (nSPS) is 15.4. The van der Waals surface area contributed by atoms with E-state index in [4.69, 9.17) is 10.1 Å². The third kappa shape index (κ3) is 11.1. The van der Waals surface area contributed by atoms with Gasteiger partial charge in [-0.3, -0.25) is 15.1 Å². The van der Waals surface area contributed by atoms with Crippen LogP contribution in [0.2, 0.25) is 0 Å². The molecular weight excluding hydrogens is 423 g/mol. The zero-order valence-corrected chi connectivity index (χ0v) is 18.5. The molecule has 1 aromatic rings. The smallest absolute Gasteiger partial charge is 0.233 e. The molecule has 0 radical (unpaired) electrons. The molecule has 0 atom stereocenters. The molecule has 1 heterocycles. The van der Waals surface area contributed by atoms with Gasteiger partial charge < -0.3 is 5.32 Å². The number of nitrogens with zero attached hydrogens (tertiary/aromatic N) is 3. The highest BCUT2D eigenvalue weighted by molar-refractivity contribution is 7.89. The summed E-state index contributed by atoms with van der Waals surface area (Å²) in [5, 5.41) is 14.0. The number of unbranched alkanes of at least 4 members (excludes halogenated alkanes) is 3. The van der Waals surface area contributed by atoms with E-state index < -0.39 is 16.0 Å². The molecule has 0 bridgehead atoms. The number of nitrogens with one attached hydrogen (secondary N) is 3. The average molecular weight is 455 g/mol. The third-order valence-electron chi connectivity index (χ3n) is 4.98. The number of rotatable bonds is 12. The molecule has 172 valence electrons. The van der Waals surface area contributed by atoms with Gasteiger partial charge in [0.25, 0.3) is 0 Å². The molecule has 1 aromatic heterocycles. The second-order valence-electron chi connectivity index (χ2n) is 7.59. The quantitative estimate of drug-likeness (QED) is 0.0842. The van der Waals surface area contributed by atoms with Crippen molar-refractivity contribution in [2.24, 2.45) is 10.9 Å². The average Bonchev–Trinajstić information content (AvgIpc) is 2.74. The molecule has 9 nitrogen and oxygen atoms in total. The molecule has 0 unspecified atom stereocenters. The van der Waals surface area contributed by atoms with Gasteiger partial charge in [-0.1, -0.05) is 37.0 Å². The van der Waals surface area contributed by atoms with Crippen LogP contribution in [0.1, 0.15) is 57.8 Å². The summed E-state index contributed by atoms with van der Waals surface area (Å²) < 4.78 is 37.1. The Morgan fingerprint density at radius 2 is 2.03 bits per heavy atom. The zero-order valence-electron chi connectivity index (χ0n) is 17.6. The SMILES string of the molecule is N#CNC(=NCCCCCCS(=O)(=O)NOCC1CCCCC1)Nc1ccnc(F)c1. The van der Waals surface area contributed by atoms with E-state index in [-0.39, 0.29) is 11.7 Å².